The molecule has 2 nitrogen and oxygen atoms in total. The van der Waals surface area contributed by atoms with Gasteiger partial charge < -0.3 is 0 Å². The first kappa shape index (κ1) is 11.6. The molecule has 0 aromatic heterocycles. The Hall–Kier alpha value is -0.930. The molecule has 1 saturated heterocycles. The van der Waals surface area contributed by atoms with E-state index in [9.17, 15) is 9.18 Å². The molecular weight excluding hydrogens is 229 g/mol. The highest BCUT2D eigenvalue weighted by Gasteiger charge is 2.17. The fourth-order valence-corrected chi connectivity index (χ4v) is 2.06. The zero-order valence-electron chi connectivity index (χ0n) is 8.88. The maximum absolute atomic E-state index is 13.2. The van der Waals surface area contributed by atoms with Crippen molar-refractivity contribution < 1.29 is 9.18 Å². The molecule has 2 rings (SSSR count). The van der Waals surface area contributed by atoms with Gasteiger partial charge in [-0.1, -0.05) is 23.7 Å². The topological polar surface area (TPSA) is 20.3 Å². The number of carbonyl (C=O) groups excluding carboxylic acids is 1. The summed E-state index contributed by atoms with van der Waals surface area (Å²) in [5, 5.41) is 0.194. The molecule has 0 unspecified atom stereocenters. The standard InChI is InChI=1S/C12H13ClFNO/c13-12-9(2-1-3-11(12)14)8-15-6-4-10(16)5-7-15/h1-3H,4-8H2. The highest BCUT2D eigenvalue weighted by molar-refractivity contribution is 6.31. The van der Waals surface area contributed by atoms with Crippen molar-refractivity contribution in [2.75, 3.05) is 13.1 Å². The summed E-state index contributed by atoms with van der Waals surface area (Å²) in [5.41, 5.74) is 0.788. The van der Waals surface area contributed by atoms with E-state index in [0.29, 0.717) is 25.2 Å². The van der Waals surface area contributed by atoms with Crippen LogP contribution in [0.4, 0.5) is 4.39 Å². The average Bonchev–Trinajstić information content (AvgIpc) is 2.28. The number of hydrogen-bond acceptors (Lipinski definition) is 2. The van der Waals surface area contributed by atoms with Gasteiger partial charge in [-0.3, -0.25) is 9.69 Å². The Balaban J connectivity index is 2.04. The largest absolute Gasteiger partial charge is 0.300 e. The zero-order valence-corrected chi connectivity index (χ0v) is 9.63. The van der Waals surface area contributed by atoms with Crippen LogP contribution in [-0.4, -0.2) is 23.8 Å². The SMILES string of the molecule is O=C1CCN(Cc2cccc(F)c2Cl)CC1. The molecule has 0 atom stereocenters. The number of nitrogens with zero attached hydrogens (tertiary/aromatic N) is 1. The molecule has 0 saturated carbocycles. The molecule has 1 aromatic carbocycles. The predicted octanol–water partition coefficient (Wildman–Crippen LogP) is 2.64. The Morgan fingerprint density at radius 3 is 2.69 bits per heavy atom. The van der Waals surface area contributed by atoms with Crippen LogP contribution in [0.2, 0.25) is 5.02 Å². The third-order valence-electron chi connectivity index (χ3n) is 2.84. The third-order valence-corrected chi connectivity index (χ3v) is 3.26. The quantitative estimate of drug-likeness (QED) is 0.794. The number of rotatable bonds is 2. The van der Waals surface area contributed by atoms with E-state index in [0.717, 1.165) is 18.7 Å². The first-order valence-corrected chi connectivity index (χ1v) is 5.71. The normalized spacial score (nSPS) is 17.8. The molecule has 0 radical (unpaired) electrons. The minimum atomic E-state index is -0.382. The van der Waals surface area contributed by atoms with Crippen LogP contribution >= 0.6 is 11.6 Å². The summed E-state index contributed by atoms with van der Waals surface area (Å²) in [5.74, 6) is -0.0751. The maximum atomic E-state index is 13.2. The second-order valence-electron chi connectivity index (χ2n) is 4.03. The monoisotopic (exact) mass is 241 g/mol. The third kappa shape index (κ3) is 2.60. The van der Waals surface area contributed by atoms with Crippen LogP contribution in [0, 0.1) is 5.82 Å². The minimum absolute atomic E-state index is 0.194. The Morgan fingerprint density at radius 2 is 2.00 bits per heavy atom. The molecule has 0 N–H and O–H groups in total. The second-order valence-corrected chi connectivity index (χ2v) is 4.41. The number of Topliss-reactive ketones (excluding diaryl/α,β-unsaturated/α-hetero) is 1. The van der Waals surface area contributed by atoms with Crippen molar-refractivity contribution in [3.63, 3.8) is 0 Å². The fourth-order valence-electron chi connectivity index (χ4n) is 1.87. The van der Waals surface area contributed by atoms with E-state index in [4.69, 9.17) is 11.6 Å². The smallest absolute Gasteiger partial charge is 0.142 e. The first-order chi connectivity index (χ1) is 7.66. The van der Waals surface area contributed by atoms with Crippen molar-refractivity contribution in [2.45, 2.75) is 19.4 Å². The van der Waals surface area contributed by atoms with E-state index in [1.165, 1.54) is 6.07 Å². The van der Waals surface area contributed by atoms with Gasteiger partial charge in [-0.05, 0) is 11.6 Å². The second kappa shape index (κ2) is 4.93. The van der Waals surface area contributed by atoms with Gasteiger partial charge in [-0.15, -0.1) is 0 Å². The molecule has 1 heterocycles. The van der Waals surface area contributed by atoms with Crippen LogP contribution in [0.15, 0.2) is 18.2 Å². The summed E-state index contributed by atoms with van der Waals surface area (Å²) >= 11 is 5.87. The minimum Gasteiger partial charge on any atom is -0.300 e. The summed E-state index contributed by atoms with van der Waals surface area (Å²) in [6, 6.07) is 4.83. The molecular formula is C12H13ClFNO. The summed E-state index contributed by atoms with van der Waals surface area (Å²) in [6.45, 7) is 2.10. The van der Waals surface area contributed by atoms with Gasteiger partial charge in [0.05, 0.1) is 5.02 Å². The van der Waals surface area contributed by atoms with E-state index in [1.807, 2.05) is 6.07 Å². The van der Waals surface area contributed by atoms with Crippen molar-refractivity contribution in [1.29, 1.82) is 0 Å². The Bertz CT molecular complexity index is 398. The summed E-state index contributed by atoms with van der Waals surface area (Å²) in [6.07, 6.45) is 1.18. The van der Waals surface area contributed by atoms with E-state index >= 15 is 0 Å². The summed E-state index contributed by atoms with van der Waals surface area (Å²) < 4.78 is 13.2. The summed E-state index contributed by atoms with van der Waals surface area (Å²) in [7, 11) is 0. The lowest BCUT2D eigenvalue weighted by atomic mass is 10.1. The average molecular weight is 242 g/mol. The number of halogens is 2. The van der Waals surface area contributed by atoms with Gasteiger partial charge in [0.15, 0.2) is 0 Å². The van der Waals surface area contributed by atoms with Crippen molar-refractivity contribution in [2.24, 2.45) is 0 Å². The van der Waals surface area contributed by atoms with Crippen molar-refractivity contribution >= 4 is 17.4 Å². The molecule has 1 aliphatic rings. The van der Waals surface area contributed by atoms with Gasteiger partial charge in [0.1, 0.15) is 11.6 Å². The van der Waals surface area contributed by atoms with Gasteiger partial charge in [0, 0.05) is 32.5 Å². The molecule has 1 aliphatic heterocycles. The van der Waals surface area contributed by atoms with Crippen LogP contribution in [-0.2, 0) is 11.3 Å². The predicted molar refractivity (Wildman–Crippen MR) is 60.9 cm³/mol. The number of likely N-dealkylation sites (tertiary alicyclic amines) is 1. The number of ketones is 1. The lowest BCUT2D eigenvalue weighted by molar-refractivity contribution is -0.121. The van der Waals surface area contributed by atoms with Gasteiger partial charge in [0.25, 0.3) is 0 Å². The number of benzene rings is 1. The lowest BCUT2D eigenvalue weighted by Gasteiger charge is -2.26. The van der Waals surface area contributed by atoms with Crippen molar-refractivity contribution in [3.05, 3.63) is 34.6 Å². The highest BCUT2D eigenvalue weighted by atomic mass is 35.5. The number of carbonyl (C=O) groups is 1. The van der Waals surface area contributed by atoms with Crippen LogP contribution in [0.25, 0.3) is 0 Å². The molecule has 0 aliphatic carbocycles. The Kier molecular flexibility index (Phi) is 3.56. The summed E-state index contributed by atoms with van der Waals surface area (Å²) in [4.78, 5) is 13.2. The molecule has 4 heteroatoms. The fraction of sp³-hybridized carbons (Fsp3) is 0.417. The number of hydrogen-bond donors (Lipinski definition) is 0. The molecule has 86 valence electrons. The lowest BCUT2D eigenvalue weighted by Crippen LogP contribution is -2.33. The molecule has 1 aromatic rings. The van der Waals surface area contributed by atoms with Gasteiger partial charge in [0.2, 0.25) is 0 Å². The first-order valence-electron chi connectivity index (χ1n) is 5.34. The van der Waals surface area contributed by atoms with E-state index in [1.54, 1.807) is 6.07 Å². The zero-order chi connectivity index (χ0) is 11.5. The van der Waals surface area contributed by atoms with E-state index in [-0.39, 0.29) is 10.8 Å². The van der Waals surface area contributed by atoms with Gasteiger partial charge in [-0.2, -0.15) is 0 Å². The molecule has 1 fully saturated rings. The van der Waals surface area contributed by atoms with Gasteiger partial charge in [-0.25, -0.2) is 4.39 Å². The van der Waals surface area contributed by atoms with Crippen molar-refractivity contribution in [3.8, 4) is 0 Å². The number of piperidine rings is 1. The van der Waals surface area contributed by atoms with Crippen LogP contribution in [0.1, 0.15) is 18.4 Å². The highest BCUT2D eigenvalue weighted by Crippen LogP contribution is 2.22. The van der Waals surface area contributed by atoms with Crippen LogP contribution < -0.4 is 0 Å². The Labute approximate surface area is 99.0 Å². The van der Waals surface area contributed by atoms with E-state index < -0.39 is 0 Å². The van der Waals surface area contributed by atoms with Crippen molar-refractivity contribution in [1.82, 2.24) is 4.90 Å². The molecule has 0 bridgehead atoms. The van der Waals surface area contributed by atoms with E-state index in [2.05, 4.69) is 4.90 Å². The maximum Gasteiger partial charge on any atom is 0.142 e. The Morgan fingerprint density at radius 1 is 1.31 bits per heavy atom. The van der Waals surface area contributed by atoms with Crippen LogP contribution in [0.3, 0.4) is 0 Å². The van der Waals surface area contributed by atoms with Gasteiger partial charge >= 0.3 is 0 Å². The molecule has 0 spiro atoms. The molecule has 16 heavy (non-hydrogen) atoms. The molecule has 0 amide bonds. The van der Waals surface area contributed by atoms with Crippen LogP contribution in [0.5, 0.6) is 0 Å².